The number of hydrogen-bond acceptors (Lipinski definition) is 5. The maximum Gasteiger partial charge on any atom is 0.227 e. The van der Waals surface area contributed by atoms with Gasteiger partial charge in [-0.25, -0.2) is 4.98 Å². The Hall–Kier alpha value is -2.14. The molecule has 0 N–H and O–H groups in total. The molecule has 1 unspecified atom stereocenters. The summed E-state index contributed by atoms with van der Waals surface area (Å²) >= 11 is 0. The molecule has 2 aliphatic rings. The van der Waals surface area contributed by atoms with Gasteiger partial charge in [0.15, 0.2) is 0 Å². The second kappa shape index (κ2) is 7.62. The minimum Gasteiger partial charge on any atom is -0.354 e. The van der Waals surface area contributed by atoms with Gasteiger partial charge in [-0.2, -0.15) is 4.98 Å². The molecule has 0 spiro atoms. The van der Waals surface area contributed by atoms with Crippen molar-refractivity contribution in [2.24, 2.45) is 0 Å². The Bertz CT molecular complexity index is 718. The summed E-state index contributed by atoms with van der Waals surface area (Å²) in [5.41, 5.74) is 2.46. The molecule has 2 aliphatic heterocycles. The smallest absolute Gasteiger partial charge is 0.227 e. The second-order valence-electron chi connectivity index (χ2n) is 7.47. The highest BCUT2D eigenvalue weighted by atomic mass is 15.3. The molecule has 26 heavy (non-hydrogen) atoms. The van der Waals surface area contributed by atoms with Gasteiger partial charge in [-0.15, -0.1) is 0 Å². The van der Waals surface area contributed by atoms with Crippen molar-refractivity contribution in [3.05, 3.63) is 47.7 Å². The normalized spacial score (nSPS) is 19.8. The number of anilines is 2. The zero-order chi connectivity index (χ0) is 17.9. The Kier molecular flexibility index (Phi) is 5.07. The van der Waals surface area contributed by atoms with Gasteiger partial charge in [-0.3, -0.25) is 4.90 Å². The Morgan fingerprint density at radius 1 is 0.846 bits per heavy atom. The fourth-order valence-corrected chi connectivity index (χ4v) is 4.04. The molecular weight excluding hydrogens is 322 g/mol. The number of hydrogen-bond donors (Lipinski definition) is 0. The quantitative estimate of drug-likeness (QED) is 0.845. The third-order valence-electron chi connectivity index (χ3n) is 5.69. The van der Waals surface area contributed by atoms with Crippen molar-refractivity contribution >= 4 is 11.8 Å². The lowest BCUT2D eigenvalue weighted by molar-refractivity contribution is 0.198. The molecule has 0 saturated carbocycles. The molecule has 2 fully saturated rings. The van der Waals surface area contributed by atoms with Gasteiger partial charge in [0.1, 0.15) is 5.82 Å². The molecule has 138 valence electrons. The van der Waals surface area contributed by atoms with Crippen LogP contribution in [0.3, 0.4) is 0 Å². The number of nitrogens with zero attached hydrogens (tertiary/aromatic N) is 5. The summed E-state index contributed by atoms with van der Waals surface area (Å²) in [4.78, 5) is 16.9. The lowest BCUT2D eigenvalue weighted by atomic mass is 10.1. The van der Waals surface area contributed by atoms with Gasteiger partial charge in [0.05, 0.1) is 0 Å². The van der Waals surface area contributed by atoms with Crippen LogP contribution in [0.1, 0.15) is 37.1 Å². The van der Waals surface area contributed by atoms with Crippen molar-refractivity contribution in [3.63, 3.8) is 0 Å². The van der Waals surface area contributed by atoms with Gasteiger partial charge in [-0.1, -0.05) is 30.3 Å². The van der Waals surface area contributed by atoms with E-state index in [1.807, 2.05) is 0 Å². The zero-order valence-corrected chi connectivity index (χ0v) is 15.9. The molecule has 2 saturated heterocycles. The van der Waals surface area contributed by atoms with E-state index in [0.717, 1.165) is 56.7 Å². The van der Waals surface area contributed by atoms with E-state index in [0.29, 0.717) is 6.04 Å². The first-order valence-corrected chi connectivity index (χ1v) is 9.85. The fraction of sp³-hybridized carbons (Fsp3) is 0.524. The standard InChI is InChI=1S/C21H29N5/c1-17-16-20(23-21(22-17)26-10-6-7-11-26)25-14-12-24(13-15-25)18(2)19-8-4-3-5-9-19/h3-5,8-9,16,18H,6-7,10-15H2,1-2H3. The molecule has 4 rings (SSSR count). The summed E-state index contributed by atoms with van der Waals surface area (Å²) in [5.74, 6) is 2.00. The van der Waals surface area contributed by atoms with Gasteiger partial charge < -0.3 is 9.80 Å². The van der Waals surface area contributed by atoms with Crippen molar-refractivity contribution in [2.75, 3.05) is 49.1 Å². The van der Waals surface area contributed by atoms with E-state index in [1.54, 1.807) is 0 Å². The lowest BCUT2D eigenvalue weighted by Gasteiger charge is -2.39. The van der Waals surface area contributed by atoms with E-state index in [1.165, 1.54) is 18.4 Å². The number of aryl methyl sites for hydroxylation is 1. The predicted octanol–water partition coefficient (Wildman–Crippen LogP) is 3.27. The minimum absolute atomic E-state index is 0.464. The van der Waals surface area contributed by atoms with Crippen LogP contribution >= 0.6 is 0 Å². The molecule has 0 radical (unpaired) electrons. The van der Waals surface area contributed by atoms with Crippen LogP contribution in [0.25, 0.3) is 0 Å². The van der Waals surface area contributed by atoms with Crippen molar-refractivity contribution < 1.29 is 0 Å². The number of rotatable bonds is 4. The summed E-state index contributed by atoms with van der Waals surface area (Å²) in [7, 11) is 0. The SMILES string of the molecule is Cc1cc(N2CCN(C(C)c3ccccc3)CC2)nc(N2CCCC2)n1. The van der Waals surface area contributed by atoms with E-state index in [9.17, 15) is 0 Å². The first kappa shape index (κ1) is 17.3. The molecule has 0 bridgehead atoms. The van der Waals surface area contributed by atoms with Crippen LogP contribution in [-0.2, 0) is 0 Å². The largest absolute Gasteiger partial charge is 0.354 e. The number of benzene rings is 1. The van der Waals surface area contributed by atoms with Gasteiger partial charge in [0, 0.05) is 57.1 Å². The van der Waals surface area contributed by atoms with Gasteiger partial charge in [0.2, 0.25) is 5.95 Å². The van der Waals surface area contributed by atoms with E-state index >= 15 is 0 Å². The number of aromatic nitrogens is 2. The summed E-state index contributed by atoms with van der Waals surface area (Å²) in [6.45, 7) is 10.7. The van der Waals surface area contributed by atoms with Crippen molar-refractivity contribution in [2.45, 2.75) is 32.7 Å². The Balaban J connectivity index is 1.43. The van der Waals surface area contributed by atoms with Crippen LogP contribution in [0.4, 0.5) is 11.8 Å². The van der Waals surface area contributed by atoms with E-state index in [2.05, 4.69) is 69.9 Å². The average Bonchev–Trinajstić information content (AvgIpc) is 3.23. The highest BCUT2D eigenvalue weighted by Gasteiger charge is 2.24. The first-order chi connectivity index (χ1) is 12.7. The molecule has 1 atom stereocenters. The van der Waals surface area contributed by atoms with Crippen molar-refractivity contribution in [1.82, 2.24) is 14.9 Å². The van der Waals surface area contributed by atoms with E-state index in [-0.39, 0.29) is 0 Å². The second-order valence-corrected chi connectivity index (χ2v) is 7.47. The highest BCUT2D eigenvalue weighted by molar-refractivity contribution is 5.46. The predicted molar refractivity (Wildman–Crippen MR) is 107 cm³/mol. The molecule has 2 aromatic rings. The Morgan fingerprint density at radius 3 is 2.23 bits per heavy atom. The van der Waals surface area contributed by atoms with Crippen LogP contribution in [0.15, 0.2) is 36.4 Å². The van der Waals surface area contributed by atoms with Crippen LogP contribution in [0.2, 0.25) is 0 Å². The summed E-state index contributed by atoms with van der Waals surface area (Å²) in [6.07, 6.45) is 2.51. The molecule has 0 amide bonds. The zero-order valence-electron chi connectivity index (χ0n) is 15.9. The third-order valence-corrected chi connectivity index (χ3v) is 5.69. The lowest BCUT2D eigenvalue weighted by Crippen LogP contribution is -2.47. The van der Waals surface area contributed by atoms with Crippen LogP contribution in [0, 0.1) is 6.92 Å². The van der Waals surface area contributed by atoms with E-state index < -0.39 is 0 Å². The summed E-state index contributed by atoms with van der Waals surface area (Å²) in [5, 5.41) is 0. The molecular formula is C21H29N5. The van der Waals surface area contributed by atoms with Crippen LogP contribution in [0.5, 0.6) is 0 Å². The topological polar surface area (TPSA) is 35.5 Å². The van der Waals surface area contributed by atoms with Crippen molar-refractivity contribution in [1.29, 1.82) is 0 Å². The minimum atomic E-state index is 0.464. The number of piperazine rings is 1. The maximum absolute atomic E-state index is 4.89. The summed E-state index contributed by atoms with van der Waals surface area (Å²) < 4.78 is 0. The first-order valence-electron chi connectivity index (χ1n) is 9.85. The molecule has 1 aromatic heterocycles. The maximum atomic E-state index is 4.89. The Labute approximate surface area is 156 Å². The van der Waals surface area contributed by atoms with Gasteiger partial charge >= 0.3 is 0 Å². The highest BCUT2D eigenvalue weighted by Crippen LogP contribution is 2.25. The van der Waals surface area contributed by atoms with Gasteiger partial charge in [0.25, 0.3) is 0 Å². The van der Waals surface area contributed by atoms with E-state index in [4.69, 9.17) is 4.98 Å². The fourth-order valence-electron chi connectivity index (χ4n) is 4.04. The third kappa shape index (κ3) is 3.68. The molecule has 5 nitrogen and oxygen atoms in total. The Morgan fingerprint density at radius 2 is 1.54 bits per heavy atom. The molecule has 3 heterocycles. The molecule has 0 aliphatic carbocycles. The molecule has 1 aromatic carbocycles. The molecule has 5 heteroatoms. The summed E-state index contributed by atoms with van der Waals surface area (Å²) in [6, 6.07) is 13.4. The van der Waals surface area contributed by atoms with Gasteiger partial charge in [-0.05, 0) is 32.3 Å². The monoisotopic (exact) mass is 351 g/mol. The van der Waals surface area contributed by atoms with Crippen LogP contribution < -0.4 is 9.80 Å². The van der Waals surface area contributed by atoms with Crippen LogP contribution in [-0.4, -0.2) is 54.1 Å². The van der Waals surface area contributed by atoms with Crippen molar-refractivity contribution in [3.8, 4) is 0 Å². The average molecular weight is 351 g/mol.